The summed E-state index contributed by atoms with van der Waals surface area (Å²) in [7, 11) is 1.59. The Balaban J connectivity index is 1.32. The Hall–Kier alpha value is -3.60. The zero-order valence-corrected chi connectivity index (χ0v) is 23.6. The van der Waals surface area contributed by atoms with E-state index in [4.69, 9.17) is 9.47 Å². The van der Waals surface area contributed by atoms with Crippen LogP contribution in [0.1, 0.15) is 74.6 Å². The van der Waals surface area contributed by atoms with Crippen LogP contribution < -0.4 is 9.47 Å². The van der Waals surface area contributed by atoms with Gasteiger partial charge in [-0.1, -0.05) is 38.1 Å². The van der Waals surface area contributed by atoms with Gasteiger partial charge in [0.15, 0.2) is 0 Å². The Bertz CT molecular complexity index is 1500. The molecule has 1 fully saturated rings. The van der Waals surface area contributed by atoms with E-state index in [1.807, 2.05) is 18.2 Å². The van der Waals surface area contributed by atoms with Gasteiger partial charge in [-0.05, 0) is 120 Å². The highest BCUT2D eigenvalue weighted by atomic mass is 19.1. The van der Waals surface area contributed by atoms with Crippen molar-refractivity contribution in [3.05, 3.63) is 88.7 Å². The lowest BCUT2D eigenvalue weighted by atomic mass is 9.52. The van der Waals surface area contributed by atoms with Crippen LogP contribution in [0.4, 0.5) is 4.39 Å². The average molecular weight is 541 g/mol. The second-order valence-corrected chi connectivity index (χ2v) is 12.3. The molecule has 6 rings (SSSR count). The first-order valence-electron chi connectivity index (χ1n) is 14.4. The topological polar surface area (TPSA) is 55.8 Å². The Morgan fingerprint density at radius 2 is 1.80 bits per heavy atom. The Kier molecular flexibility index (Phi) is 6.72. The summed E-state index contributed by atoms with van der Waals surface area (Å²) in [4.78, 5) is 12.0. The zero-order chi connectivity index (χ0) is 28.1. The molecule has 40 heavy (non-hydrogen) atoms. The maximum Gasteiger partial charge on any atom is 0.307 e. The molecule has 0 heterocycles. The number of carboxylic acid groups (broad SMARTS) is 1. The first kappa shape index (κ1) is 26.6. The van der Waals surface area contributed by atoms with E-state index < -0.39 is 5.97 Å². The van der Waals surface area contributed by atoms with Crippen LogP contribution in [0.15, 0.2) is 60.7 Å². The Morgan fingerprint density at radius 1 is 0.975 bits per heavy atom. The van der Waals surface area contributed by atoms with Gasteiger partial charge >= 0.3 is 5.97 Å². The number of allylic oxidation sites excluding steroid dienone is 2. The van der Waals surface area contributed by atoms with Crippen LogP contribution in [-0.2, 0) is 23.2 Å². The van der Waals surface area contributed by atoms with Gasteiger partial charge in [-0.15, -0.1) is 0 Å². The largest absolute Gasteiger partial charge is 0.497 e. The Labute approximate surface area is 235 Å². The minimum Gasteiger partial charge on any atom is -0.497 e. The van der Waals surface area contributed by atoms with Crippen molar-refractivity contribution in [2.75, 3.05) is 7.11 Å². The molecule has 5 heteroatoms. The molecule has 0 bridgehead atoms. The van der Waals surface area contributed by atoms with Crippen molar-refractivity contribution < 1.29 is 23.8 Å². The van der Waals surface area contributed by atoms with E-state index in [1.165, 1.54) is 17.2 Å². The van der Waals surface area contributed by atoms with Crippen molar-refractivity contribution in [2.45, 2.75) is 70.8 Å². The minimum absolute atomic E-state index is 0.0140. The van der Waals surface area contributed by atoms with Crippen LogP contribution in [0.25, 0.3) is 16.7 Å². The highest BCUT2D eigenvalue weighted by molar-refractivity contribution is 5.85. The van der Waals surface area contributed by atoms with Gasteiger partial charge in [0.2, 0.25) is 0 Å². The molecule has 0 aliphatic heterocycles. The third-order valence-electron chi connectivity index (χ3n) is 9.62. The summed E-state index contributed by atoms with van der Waals surface area (Å²) < 4.78 is 26.8. The molecule has 3 aliphatic carbocycles. The van der Waals surface area contributed by atoms with Crippen molar-refractivity contribution >= 4 is 11.5 Å². The molecule has 0 radical (unpaired) electrons. The van der Waals surface area contributed by atoms with E-state index in [0.29, 0.717) is 17.9 Å². The average Bonchev–Trinajstić information content (AvgIpc) is 3.29. The van der Waals surface area contributed by atoms with Gasteiger partial charge in [0, 0.05) is 11.0 Å². The van der Waals surface area contributed by atoms with Crippen LogP contribution in [0.5, 0.6) is 11.5 Å². The number of aliphatic carboxylic acids is 1. The predicted molar refractivity (Wildman–Crippen MR) is 155 cm³/mol. The summed E-state index contributed by atoms with van der Waals surface area (Å²) in [6.45, 7) is 4.86. The van der Waals surface area contributed by atoms with E-state index in [1.54, 1.807) is 19.2 Å². The lowest BCUT2D eigenvalue weighted by Gasteiger charge is -2.51. The molecular formula is C35H37FO4. The fourth-order valence-electron chi connectivity index (χ4n) is 7.28. The predicted octanol–water partition coefficient (Wildman–Crippen LogP) is 8.35. The molecule has 0 amide bonds. The molecule has 4 nitrogen and oxygen atoms in total. The highest BCUT2D eigenvalue weighted by Crippen LogP contribution is 2.56. The fraction of sp³-hybridized carbons (Fsp3) is 0.400. The summed E-state index contributed by atoms with van der Waals surface area (Å²) in [5, 5.41) is 9.84. The number of hydrogen-bond acceptors (Lipinski definition) is 3. The van der Waals surface area contributed by atoms with Crippen LogP contribution in [0.2, 0.25) is 0 Å². The molecule has 208 valence electrons. The molecule has 3 aromatic rings. The molecule has 2 atom stereocenters. The van der Waals surface area contributed by atoms with Crippen molar-refractivity contribution in [1.29, 1.82) is 0 Å². The maximum absolute atomic E-state index is 15.1. The first-order valence-corrected chi connectivity index (χ1v) is 14.4. The van der Waals surface area contributed by atoms with Gasteiger partial charge in [0.05, 0.1) is 13.0 Å². The molecular weight excluding hydrogens is 503 g/mol. The van der Waals surface area contributed by atoms with Gasteiger partial charge in [0.1, 0.15) is 23.9 Å². The highest BCUT2D eigenvalue weighted by Gasteiger charge is 2.53. The second kappa shape index (κ2) is 10.1. The molecule has 1 N–H and O–H groups in total. The third-order valence-corrected chi connectivity index (χ3v) is 9.62. The number of benzene rings is 3. The second-order valence-electron chi connectivity index (χ2n) is 12.3. The van der Waals surface area contributed by atoms with Gasteiger partial charge in [0.25, 0.3) is 0 Å². The maximum atomic E-state index is 15.1. The first-order chi connectivity index (χ1) is 19.2. The van der Waals surface area contributed by atoms with E-state index >= 15 is 4.39 Å². The van der Waals surface area contributed by atoms with Crippen LogP contribution in [0, 0.1) is 17.2 Å². The molecule has 1 spiro atoms. The van der Waals surface area contributed by atoms with Crippen molar-refractivity contribution in [3.63, 3.8) is 0 Å². The number of carboxylic acids is 1. The zero-order valence-electron chi connectivity index (χ0n) is 23.6. The Morgan fingerprint density at radius 3 is 2.50 bits per heavy atom. The molecule has 1 saturated carbocycles. The number of rotatable bonds is 7. The van der Waals surface area contributed by atoms with Gasteiger partial charge in [-0.25, -0.2) is 4.39 Å². The molecule has 0 saturated heterocycles. The van der Waals surface area contributed by atoms with E-state index in [2.05, 4.69) is 38.1 Å². The SMILES string of the molecule is COc1ccc(F)c(-c2ccc(COc3ccc4c(c3)[C@]3(CCC4)CC[C@@H]3C(=O)O)cc2C2=CCCC2(C)C)c1. The van der Waals surface area contributed by atoms with E-state index in [0.717, 1.165) is 72.9 Å². The monoisotopic (exact) mass is 540 g/mol. The van der Waals surface area contributed by atoms with Crippen molar-refractivity contribution in [1.82, 2.24) is 0 Å². The summed E-state index contributed by atoms with van der Waals surface area (Å²) in [6.07, 6.45) is 8.95. The van der Waals surface area contributed by atoms with Gasteiger partial charge in [-0.3, -0.25) is 4.79 Å². The lowest BCUT2D eigenvalue weighted by Crippen LogP contribution is -2.50. The number of hydrogen-bond donors (Lipinski definition) is 1. The van der Waals surface area contributed by atoms with Gasteiger partial charge in [-0.2, -0.15) is 0 Å². The van der Waals surface area contributed by atoms with Crippen LogP contribution >= 0.6 is 0 Å². The molecule has 3 aliphatic rings. The van der Waals surface area contributed by atoms with E-state index in [9.17, 15) is 9.90 Å². The smallest absolute Gasteiger partial charge is 0.307 e. The number of methoxy groups -OCH3 is 1. The normalized spacial score (nSPS) is 22.8. The standard InChI is InChI=1S/C35H37FO4/c1-34(2)15-5-7-29(34)27-18-22(8-12-26(27)28-19-24(39-3)11-13-32(28)36)21-40-25-10-9-23-6-4-16-35(31(23)20-25)17-14-30(35)33(37)38/h7-13,18-20,30H,4-6,14-17,21H2,1-3H3,(H,37,38)/t30-,35-/m1/s1. The number of carbonyl (C=O) groups is 1. The molecule has 0 unspecified atom stereocenters. The van der Waals surface area contributed by atoms with Crippen molar-refractivity contribution in [3.8, 4) is 22.6 Å². The third kappa shape index (κ3) is 4.49. The molecule has 0 aromatic heterocycles. The number of aryl methyl sites for hydroxylation is 1. The number of halogens is 1. The van der Waals surface area contributed by atoms with E-state index in [-0.39, 0.29) is 22.6 Å². The lowest BCUT2D eigenvalue weighted by molar-refractivity contribution is -0.150. The summed E-state index contributed by atoms with van der Waals surface area (Å²) in [5.74, 6) is 0.116. The fourth-order valence-corrected chi connectivity index (χ4v) is 7.28. The number of ether oxygens (including phenoxy) is 2. The number of fused-ring (bicyclic) bond motifs is 2. The minimum atomic E-state index is -0.686. The van der Waals surface area contributed by atoms with Crippen LogP contribution in [0.3, 0.4) is 0 Å². The quantitative estimate of drug-likeness (QED) is 0.327. The van der Waals surface area contributed by atoms with Crippen molar-refractivity contribution in [2.24, 2.45) is 11.3 Å². The van der Waals surface area contributed by atoms with Crippen LogP contribution in [-0.4, -0.2) is 18.2 Å². The summed E-state index contributed by atoms with van der Waals surface area (Å²) in [5.41, 5.74) is 6.79. The van der Waals surface area contributed by atoms with Gasteiger partial charge < -0.3 is 14.6 Å². The molecule has 3 aromatic carbocycles. The summed E-state index contributed by atoms with van der Waals surface area (Å²) in [6, 6.07) is 17.2. The summed E-state index contributed by atoms with van der Waals surface area (Å²) >= 11 is 0.